The zero-order chi connectivity index (χ0) is 13.5. The summed E-state index contributed by atoms with van der Waals surface area (Å²) in [5.41, 5.74) is 2.71. The van der Waals surface area contributed by atoms with E-state index in [0.717, 1.165) is 35.4 Å². The van der Waals surface area contributed by atoms with E-state index in [0.29, 0.717) is 0 Å². The molecule has 0 bridgehead atoms. The third-order valence-electron chi connectivity index (χ3n) is 2.70. The van der Waals surface area contributed by atoms with Gasteiger partial charge in [-0.15, -0.1) is 0 Å². The first-order valence-electron chi connectivity index (χ1n) is 6.47. The topological polar surface area (TPSA) is 37.8 Å². The van der Waals surface area contributed by atoms with Gasteiger partial charge in [-0.2, -0.15) is 16.1 Å². The lowest BCUT2D eigenvalue weighted by Crippen LogP contribution is -2.04. The van der Waals surface area contributed by atoms with Crippen molar-refractivity contribution < 1.29 is 0 Å². The van der Waals surface area contributed by atoms with E-state index < -0.39 is 0 Å². The van der Waals surface area contributed by atoms with Gasteiger partial charge in [0.1, 0.15) is 5.82 Å². The maximum atomic E-state index is 4.38. The SMILES string of the molecule is CCc1nsc(NCCSCc2ccc(C)cc2)n1. The molecule has 1 N–H and O–H groups in total. The number of rotatable bonds is 7. The number of nitrogens with one attached hydrogen (secondary N) is 1. The van der Waals surface area contributed by atoms with Gasteiger partial charge in [-0.05, 0) is 12.5 Å². The number of aromatic nitrogens is 2. The van der Waals surface area contributed by atoms with Crippen LogP contribution in [0.25, 0.3) is 0 Å². The minimum atomic E-state index is 0.903. The second-order valence-corrected chi connectivity index (χ2v) is 6.19. The van der Waals surface area contributed by atoms with Gasteiger partial charge in [0, 0.05) is 36.0 Å². The van der Waals surface area contributed by atoms with Gasteiger partial charge >= 0.3 is 0 Å². The van der Waals surface area contributed by atoms with Crippen LogP contribution in [0.15, 0.2) is 24.3 Å². The van der Waals surface area contributed by atoms with E-state index in [1.165, 1.54) is 22.7 Å². The number of benzene rings is 1. The molecule has 19 heavy (non-hydrogen) atoms. The molecule has 0 spiro atoms. The molecule has 0 saturated carbocycles. The van der Waals surface area contributed by atoms with Crippen LogP contribution in [0.2, 0.25) is 0 Å². The maximum absolute atomic E-state index is 4.38. The normalized spacial score (nSPS) is 10.6. The minimum absolute atomic E-state index is 0.903. The Kier molecular flexibility index (Phi) is 5.66. The summed E-state index contributed by atoms with van der Waals surface area (Å²) in [7, 11) is 0. The molecule has 0 aliphatic rings. The standard InChI is InChI=1S/C14H19N3S2/c1-3-13-16-14(19-17-13)15-8-9-18-10-12-6-4-11(2)5-7-12/h4-7H,3,8-10H2,1-2H3,(H,15,16,17). The Morgan fingerprint density at radius 2 is 2.05 bits per heavy atom. The largest absolute Gasteiger partial charge is 0.359 e. The van der Waals surface area contributed by atoms with E-state index >= 15 is 0 Å². The van der Waals surface area contributed by atoms with E-state index in [1.807, 2.05) is 11.8 Å². The zero-order valence-corrected chi connectivity index (χ0v) is 13.0. The fourth-order valence-corrected chi connectivity index (χ4v) is 3.07. The molecule has 0 aliphatic heterocycles. The van der Waals surface area contributed by atoms with Crippen molar-refractivity contribution in [1.82, 2.24) is 9.36 Å². The molecule has 0 aliphatic carbocycles. The summed E-state index contributed by atoms with van der Waals surface area (Å²) in [5, 5.41) is 4.26. The number of nitrogens with zero attached hydrogens (tertiary/aromatic N) is 2. The predicted molar refractivity (Wildman–Crippen MR) is 85.1 cm³/mol. The Morgan fingerprint density at radius 3 is 2.74 bits per heavy atom. The molecule has 0 amide bonds. The Balaban J connectivity index is 1.63. The number of aryl methyl sites for hydroxylation is 2. The molecule has 2 aromatic rings. The molecule has 1 aromatic heterocycles. The Labute approximate surface area is 123 Å². The summed E-state index contributed by atoms with van der Waals surface area (Å²) in [6, 6.07) is 8.74. The Hall–Kier alpha value is -1.07. The molecule has 0 unspecified atom stereocenters. The molecule has 102 valence electrons. The number of hydrogen-bond donors (Lipinski definition) is 1. The summed E-state index contributed by atoms with van der Waals surface area (Å²) in [5.74, 6) is 3.08. The van der Waals surface area contributed by atoms with Crippen LogP contribution in [-0.4, -0.2) is 21.7 Å². The highest BCUT2D eigenvalue weighted by Gasteiger charge is 2.00. The third-order valence-corrected chi connectivity index (χ3v) is 4.44. The van der Waals surface area contributed by atoms with Gasteiger partial charge in [0.05, 0.1) is 0 Å². The lowest BCUT2D eigenvalue weighted by molar-refractivity contribution is 0.996. The first kappa shape index (κ1) is 14.3. The first-order chi connectivity index (χ1) is 9.28. The minimum Gasteiger partial charge on any atom is -0.359 e. The smallest absolute Gasteiger partial charge is 0.202 e. The van der Waals surface area contributed by atoms with E-state index in [2.05, 4.69) is 52.8 Å². The highest BCUT2D eigenvalue weighted by molar-refractivity contribution is 7.98. The Morgan fingerprint density at radius 1 is 1.26 bits per heavy atom. The highest BCUT2D eigenvalue weighted by Crippen LogP contribution is 2.14. The monoisotopic (exact) mass is 293 g/mol. The average Bonchev–Trinajstić information content (AvgIpc) is 2.88. The van der Waals surface area contributed by atoms with Gasteiger partial charge in [-0.3, -0.25) is 0 Å². The van der Waals surface area contributed by atoms with Crippen molar-refractivity contribution >= 4 is 28.4 Å². The first-order valence-corrected chi connectivity index (χ1v) is 8.40. The highest BCUT2D eigenvalue weighted by atomic mass is 32.2. The van der Waals surface area contributed by atoms with Crippen LogP contribution >= 0.6 is 23.3 Å². The van der Waals surface area contributed by atoms with Crippen molar-refractivity contribution in [3.05, 3.63) is 41.2 Å². The van der Waals surface area contributed by atoms with Crippen LogP contribution in [0, 0.1) is 6.92 Å². The molecule has 5 heteroatoms. The fraction of sp³-hybridized carbons (Fsp3) is 0.429. The number of hydrogen-bond acceptors (Lipinski definition) is 5. The van der Waals surface area contributed by atoms with Crippen LogP contribution in [0.1, 0.15) is 23.9 Å². The predicted octanol–water partition coefficient (Wildman–Crippen LogP) is 3.75. The van der Waals surface area contributed by atoms with Gasteiger partial charge in [0.25, 0.3) is 0 Å². The second-order valence-electron chi connectivity index (χ2n) is 4.33. The Bertz CT molecular complexity index is 494. The molecule has 1 heterocycles. The van der Waals surface area contributed by atoms with Crippen molar-refractivity contribution in [3.63, 3.8) is 0 Å². The third kappa shape index (κ3) is 4.84. The van der Waals surface area contributed by atoms with Gasteiger partial charge in [-0.25, -0.2) is 4.98 Å². The van der Waals surface area contributed by atoms with Crippen LogP contribution in [0.4, 0.5) is 5.13 Å². The van der Waals surface area contributed by atoms with Gasteiger partial charge in [-0.1, -0.05) is 36.8 Å². The van der Waals surface area contributed by atoms with E-state index in [1.54, 1.807) is 0 Å². The van der Waals surface area contributed by atoms with E-state index in [-0.39, 0.29) is 0 Å². The molecule has 0 fully saturated rings. The van der Waals surface area contributed by atoms with Crippen LogP contribution < -0.4 is 5.32 Å². The van der Waals surface area contributed by atoms with Crippen molar-refractivity contribution in [1.29, 1.82) is 0 Å². The van der Waals surface area contributed by atoms with Crippen molar-refractivity contribution in [2.75, 3.05) is 17.6 Å². The van der Waals surface area contributed by atoms with Crippen LogP contribution in [0.3, 0.4) is 0 Å². The summed E-state index contributed by atoms with van der Waals surface area (Å²) in [4.78, 5) is 4.38. The van der Waals surface area contributed by atoms with Gasteiger partial charge < -0.3 is 5.32 Å². The second kappa shape index (κ2) is 7.50. The van der Waals surface area contributed by atoms with Crippen LogP contribution in [0.5, 0.6) is 0 Å². The molecule has 0 saturated heterocycles. The van der Waals surface area contributed by atoms with Crippen molar-refractivity contribution in [2.24, 2.45) is 0 Å². The molecular formula is C14H19N3S2. The molecule has 0 atom stereocenters. The molecule has 2 rings (SSSR count). The lowest BCUT2D eigenvalue weighted by atomic mass is 10.2. The number of anilines is 1. The fourth-order valence-electron chi connectivity index (χ4n) is 1.57. The molecule has 1 aromatic carbocycles. The molecular weight excluding hydrogens is 274 g/mol. The number of thioether (sulfide) groups is 1. The maximum Gasteiger partial charge on any atom is 0.202 e. The zero-order valence-electron chi connectivity index (χ0n) is 11.3. The van der Waals surface area contributed by atoms with Crippen LogP contribution in [-0.2, 0) is 12.2 Å². The summed E-state index contributed by atoms with van der Waals surface area (Å²) in [6.07, 6.45) is 0.903. The van der Waals surface area contributed by atoms with E-state index in [9.17, 15) is 0 Å². The lowest BCUT2D eigenvalue weighted by Gasteiger charge is -2.03. The summed E-state index contributed by atoms with van der Waals surface area (Å²) in [6.45, 7) is 5.13. The molecule has 3 nitrogen and oxygen atoms in total. The quantitative estimate of drug-likeness (QED) is 0.789. The van der Waals surface area contributed by atoms with Gasteiger partial charge in [0.15, 0.2) is 0 Å². The van der Waals surface area contributed by atoms with E-state index in [4.69, 9.17) is 0 Å². The summed E-state index contributed by atoms with van der Waals surface area (Å²) < 4.78 is 4.25. The molecule has 0 radical (unpaired) electrons. The average molecular weight is 293 g/mol. The van der Waals surface area contributed by atoms with Crippen molar-refractivity contribution in [3.8, 4) is 0 Å². The van der Waals surface area contributed by atoms with Gasteiger partial charge in [0.2, 0.25) is 5.13 Å². The summed E-state index contributed by atoms with van der Waals surface area (Å²) >= 11 is 3.39. The van der Waals surface area contributed by atoms with Crippen molar-refractivity contribution in [2.45, 2.75) is 26.0 Å².